The molecule has 1 heterocycles. The fourth-order valence-electron chi connectivity index (χ4n) is 2.10. The summed E-state index contributed by atoms with van der Waals surface area (Å²) in [6.07, 6.45) is 0.475. The molecule has 0 spiro atoms. The second-order valence-electron chi connectivity index (χ2n) is 5.24. The molecule has 0 saturated heterocycles. The number of hydrogen-bond acceptors (Lipinski definition) is 5. The van der Waals surface area contributed by atoms with Crippen molar-refractivity contribution in [2.24, 2.45) is 11.8 Å². The SMILES string of the molecule is Cc1cc(CN(CCC#N)CC(C)C)oc1C(=O)NN. The molecule has 0 radical (unpaired) electrons. The number of nitrogen functional groups attached to an aromatic ring is 1. The van der Waals surface area contributed by atoms with E-state index in [2.05, 4.69) is 30.2 Å². The normalized spacial score (nSPS) is 10.8. The van der Waals surface area contributed by atoms with Crippen molar-refractivity contribution in [1.29, 1.82) is 5.26 Å². The Kier molecular flexibility index (Phi) is 6.22. The number of nitrogens with one attached hydrogen (secondary N) is 1. The van der Waals surface area contributed by atoms with E-state index in [0.717, 1.165) is 12.1 Å². The van der Waals surface area contributed by atoms with Gasteiger partial charge in [0.25, 0.3) is 0 Å². The number of nitrogens with zero attached hydrogens (tertiary/aromatic N) is 2. The molecule has 0 atom stereocenters. The van der Waals surface area contributed by atoms with Crippen LogP contribution in [0.4, 0.5) is 0 Å². The van der Waals surface area contributed by atoms with Gasteiger partial charge < -0.3 is 4.42 Å². The van der Waals surface area contributed by atoms with E-state index < -0.39 is 5.91 Å². The summed E-state index contributed by atoms with van der Waals surface area (Å²) in [5.74, 6) is 6.13. The molecule has 3 N–H and O–H groups in total. The number of carbonyl (C=O) groups excluding carboxylic acids is 1. The van der Waals surface area contributed by atoms with Gasteiger partial charge in [-0.15, -0.1) is 0 Å². The van der Waals surface area contributed by atoms with Crippen LogP contribution in [0, 0.1) is 24.2 Å². The summed E-state index contributed by atoms with van der Waals surface area (Å²) in [6, 6.07) is 3.99. The van der Waals surface area contributed by atoms with E-state index in [1.165, 1.54) is 0 Å². The first-order valence-electron chi connectivity index (χ1n) is 6.67. The topological polar surface area (TPSA) is 95.3 Å². The van der Waals surface area contributed by atoms with Crippen LogP contribution in [-0.2, 0) is 6.54 Å². The minimum atomic E-state index is -0.429. The lowest BCUT2D eigenvalue weighted by atomic mass is 10.2. The third kappa shape index (κ3) is 4.68. The van der Waals surface area contributed by atoms with Crippen molar-refractivity contribution in [1.82, 2.24) is 10.3 Å². The van der Waals surface area contributed by atoms with Crippen LogP contribution in [0.25, 0.3) is 0 Å². The highest BCUT2D eigenvalue weighted by molar-refractivity contribution is 5.92. The maximum absolute atomic E-state index is 11.5. The van der Waals surface area contributed by atoms with Crippen LogP contribution in [0.1, 0.15) is 42.1 Å². The molecule has 1 rings (SSSR count). The van der Waals surface area contributed by atoms with Gasteiger partial charge in [0, 0.05) is 25.1 Å². The molecule has 110 valence electrons. The molecule has 6 heteroatoms. The molecule has 0 aromatic carbocycles. The summed E-state index contributed by atoms with van der Waals surface area (Å²) in [4.78, 5) is 13.6. The minimum Gasteiger partial charge on any atom is -0.454 e. The predicted octanol–water partition coefficient (Wildman–Crippen LogP) is 1.56. The number of aryl methyl sites for hydroxylation is 1. The van der Waals surface area contributed by atoms with Gasteiger partial charge >= 0.3 is 5.91 Å². The second-order valence-corrected chi connectivity index (χ2v) is 5.24. The van der Waals surface area contributed by atoms with Gasteiger partial charge in [0.1, 0.15) is 5.76 Å². The zero-order valence-electron chi connectivity index (χ0n) is 12.3. The average molecular weight is 278 g/mol. The third-order valence-electron chi connectivity index (χ3n) is 2.85. The molecule has 1 aromatic rings. The molecule has 0 bridgehead atoms. The lowest BCUT2D eigenvalue weighted by Gasteiger charge is -2.21. The summed E-state index contributed by atoms with van der Waals surface area (Å²) in [5.41, 5.74) is 2.82. The van der Waals surface area contributed by atoms with Gasteiger partial charge in [-0.3, -0.25) is 15.1 Å². The molecule has 20 heavy (non-hydrogen) atoms. The lowest BCUT2D eigenvalue weighted by Crippen LogP contribution is -2.30. The van der Waals surface area contributed by atoms with Gasteiger partial charge in [-0.25, -0.2) is 5.84 Å². The quantitative estimate of drug-likeness (QED) is 0.448. The second kappa shape index (κ2) is 7.68. The van der Waals surface area contributed by atoms with Gasteiger partial charge in [0.15, 0.2) is 5.76 Å². The number of hydrogen-bond donors (Lipinski definition) is 2. The molecule has 0 aliphatic heterocycles. The van der Waals surface area contributed by atoms with E-state index >= 15 is 0 Å². The van der Waals surface area contributed by atoms with Crippen LogP contribution in [-0.4, -0.2) is 23.9 Å². The molecule has 1 amide bonds. The molecular weight excluding hydrogens is 256 g/mol. The van der Waals surface area contributed by atoms with Crippen LogP contribution in [0.5, 0.6) is 0 Å². The molecule has 0 saturated carbocycles. The zero-order chi connectivity index (χ0) is 15.1. The summed E-state index contributed by atoms with van der Waals surface area (Å²) >= 11 is 0. The van der Waals surface area contributed by atoms with Crippen molar-refractivity contribution in [3.05, 3.63) is 23.2 Å². The molecule has 0 fully saturated rings. The van der Waals surface area contributed by atoms with E-state index in [1.807, 2.05) is 6.07 Å². The highest BCUT2D eigenvalue weighted by atomic mass is 16.4. The fraction of sp³-hybridized carbons (Fsp3) is 0.571. The van der Waals surface area contributed by atoms with Gasteiger partial charge in [0.2, 0.25) is 0 Å². The molecule has 0 unspecified atom stereocenters. The smallest absolute Gasteiger partial charge is 0.301 e. The van der Waals surface area contributed by atoms with Gasteiger partial charge in [-0.1, -0.05) is 13.8 Å². The van der Waals surface area contributed by atoms with E-state index in [4.69, 9.17) is 15.5 Å². The first kappa shape index (κ1) is 16.2. The number of nitriles is 1. The van der Waals surface area contributed by atoms with Crippen LogP contribution in [0.15, 0.2) is 10.5 Å². The number of nitrogens with two attached hydrogens (primary N) is 1. The molecule has 6 nitrogen and oxygen atoms in total. The minimum absolute atomic E-state index is 0.243. The molecule has 0 aliphatic carbocycles. The number of amides is 1. The maximum atomic E-state index is 11.5. The van der Waals surface area contributed by atoms with Crippen LogP contribution < -0.4 is 11.3 Å². The zero-order valence-corrected chi connectivity index (χ0v) is 12.3. The Balaban J connectivity index is 2.77. The van der Waals surface area contributed by atoms with Gasteiger partial charge in [-0.2, -0.15) is 5.26 Å². The van der Waals surface area contributed by atoms with Gasteiger partial charge in [0.05, 0.1) is 12.6 Å². The summed E-state index contributed by atoms with van der Waals surface area (Å²) in [7, 11) is 0. The Morgan fingerprint density at radius 3 is 2.85 bits per heavy atom. The highest BCUT2D eigenvalue weighted by Gasteiger charge is 2.17. The van der Waals surface area contributed by atoms with E-state index in [1.54, 1.807) is 6.92 Å². The highest BCUT2D eigenvalue weighted by Crippen LogP contribution is 2.17. The average Bonchev–Trinajstić information content (AvgIpc) is 2.75. The van der Waals surface area contributed by atoms with Crippen molar-refractivity contribution >= 4 is 5.91 Å². The molecule has 1 aromatic heterocycles. The Hall–Kier alpha value is -1.84. The number of hydrazine groups is 1. The van der Waals surface area contributed by atoms with Crippen molar-refractivity contribution in [3.8, 4) is 6.07 Å². The molecule has 0 aliphatic rings. The largest absolute Gasteiger partial charge is 0.454 e. The number of furan rings is 1. The Labute approximate surface area is 119 Å². The maximum Gasteiger partial charge on any atom is 0.301 e. The van der Waals surface area contributed by atoms with Crippen molar-refractivity contribution in [3.63, 3.8) is 0 Å². The first-order valence-corrected chi connectivity index (χ1v) is 6.67. The predicted molar refractivity (Wildman–Crippen MR) is 75.4 cm³/mol. The standard InChI is InChI=1S/C14H22N4O2/c1-10(2)8-18(6-4-5-15)9-12-7-11(3)13(20-12)14(19)17-16/h7,10H,4,6,8-9,16H2,1-3H3,(H,17,19). The Morgan fingerprint density at radius 2 is 2.30 bits per heavy atom. The number of carbonyl (C=O) groups is 1. The first-order chi connectivity index (χ1) is 9.47. The van der Waals surface area contributed by atoms with Gasteiger partial charge in [-0.05, 0) is 18.9 Å². The summed E-state index contributed by atoms with van der Waals surface area (Å²) < 4.78 is 5.54. The van der Waals surface area contributed by atoms with Crippen molar-refractivity contribution < 1.29 is 9.21 Å². The third-order valence-corrected chi connectivity index (χ3v) is 2.85. The van der Waals surface area contributed by atoms with E-state index in [0.29, 0.717) is 31.2 Å². The summed E-state index contributed by atoms with van der Waals surface area (Å²) in [5, 5.41) is 8.70. The monoisotopic (exact) mass is 278 g/mol. The Bertz CT molecular complexity index is 488. The summed E-state index contributed by atoms with van der Waals surface area (Å²) in [6.45, 7) is 8.20. The van der Waals surface area contributed by atoms with Crippen molar-refractivity contribution in [2.75, 3.05) is 13.1 Å². The van der Waals surface area contributed by atoms with Crippen molar-refractivity contribution in [2.45, 2.75) is 33.7 Å². The van der Waals surface area contributed by atoms with E-state index in [-0.39, 0.29) is 5.76 Å². The molecular formula is C14H22N4O2. The van der Waals surface area contributed by atoms with Crippen LogP contribution >= 0.6 is 0 Å². The lowest BCUT2D eigenvalue weighted by molar-refractivity contribution is 0.0920. The van der Waals surface area contributed by atoms with Crippen LogP contribution in [0.3, 0.4) is 0 Å². The van der Waals surface area contributed by atoms with Crippen LogP contribution in [0.2, 0.25) is 0 Å². The fourth-order valence-corrected chi connectivity index (χ4v) is 2.10. The van der Waals surface area contributed by atoms with E-state index in [9.17, 15) is 4.79 Å². The Morgan fingerprint density at radius 1 is 1.60 bits per heavy atom. The number of rotatable bonds is 7.